The minimum absolute atomic E-state index is 0.0988. The van der Waals surface area contributed by atoms with Gasteiger partial charge in [0.05, 0.1) is 0 Å². The Labute approximate surface area is 173 Å². The summed E-state index contributed by atoms with van der Waals surface area (Å²) in [5.41, 5.74) is 7.30. The first-order chi connectivity index (χ1) is 14.9. The number of hydrogen-bond acceptors (Lipinski definition) is 3. The summed E-state index contributed by atoms with van der Waals surface area (Å²) < 4.78 is 0. The zero-order valence-electron chi connectivity index (χ0n) is 16.2. The van der Waals surface area contributed by atoms with E-state index in [0.717, 1.165) is 16.3 Å². The fourth-order valence-corrected chi connectivity index (χ4v) is 4.59. The van der Waals surface area contributed by atoms with Crippen LogP contribution in [0, 0.1) is 0 Å². The van der Waals surface area contributed by atoms with Crippen molar-refractivity contribution in [1.29, 1.82) is 0 Å². The lowest BCUT2D eigenvalue weighted by Crippen LogP contribution is -2.04. The molecule has 1 aromatic heterocycles. The molecule has 1 aliphatic rings. The summed E-state index contributed by atoms with van der Waals surface area (Å²) in [6, 6.07) is 32.0. The number of tetrazole rings is 1. The molecule has 4 nitrogen and oxygen atoms in total. The van der Waals surface area contributed by atoms with Crippen LogP contribution in [0.15, 0.2) is 91.0 Å². The molecule has 1 atom stereocenters. The molecule has 0 saturated carbocycles. The Hall–Kier alpha value is -4.05. The number of nitrogens with one attached hydrogen (secondary N) is 1. The molecule has 0 saturated heterocycles. The predicted octanol–water partition coefficient (Wildman–Crippen LogP) is 5.71. The quantitative estimate of drug-likeness (QED) is 0.432. The van der Waals surface area contributed by atoms with E-state index in [4.69, 9.17) is 0 Å². The van der Waals surface area contributed by atoms with E-state index in [-0.39, 0.29) is 5.92 Å². The molecule has 0 bridgehead atoms. The highest BCUT2D eigenvalue weighted by Crippen LogP contribution is 2.49. The second-order valence-electron chi connectivity index (χ2n) is 7.51. The van der Waals surface area contributed by atoms with Crippen molar-refractivity contribution in [2.75, 3.05) is 0 Å². The first kappa shape index (κ1) is 16.9. The highest BCUT2D eigenvalue weighted by Gasteiger charge is 2.31. The van der Waals surface area contributed by atoms with Gasteiger partial charge in [-0.25, -0.2) is 0 Å². The van der Waals surface area contributed by atoms with Crippen LogP contribution in [0.2, 0.25) is 0 Å². The van der Waals surface area contributed by atoms with Crippen LogP contribution in [-0.2, 0) is 0 Å². The number of aromatic amines is 1. The standard InChI is InChI=1S/C26H18N4/c1-2-8-17(9-3-1)23-16-19-11-5-7-13-21(19)24(23)22-15-14-18-10-4-6-12-20(18)25(22)26-27-29-30-28-26/h1-16,24H,(H,27,28,29,30). The first-order valence-corrected chi connectivity index (χ1v) is 10.0. The molecular weight excluding hydrogens is 368 g/mol. The average molecular weight is 386 g/mol. The third-order valence-corrected chi connectivity index (χ3v) is 5.88. The largest absolute Gasteiger partial charge is 0.205 e. The predicted molar refractivity (Wildman–Crippen MR) is 120 cm³/mol. The summed E-state index contributed by atoms with van der Waals surface area (Å²) in [5, 5.41) is 17.5. The van der Waals surface area contributed by atoms with Gasteiger partial charge in [0, 0.05) is 11.5 Å². The summed E-state index contributed by atoms with van der Waals surface area (Å²) >= 11 is 0. The van der Waals surface area contributed by atoms with Gasteiger partial charge in [0.2, 0.25) is 5.82 Å². The van der Waals surface area contributed by atoms with Gasteiger partial charge in [0.25, 0.3) is 0 Å². The van der Waals surface area contributed by atoms with Crippen molar-refractivity contribution >= 4 is 22.4 Å². The zero-order chi connectivity index (χ0) is 19.9. The molecule has 1 heterocycles. The molecule has 0 radical (unpaired) electrons. The van der Waals surface area contributed by atoms with E-state index >= 15 is 0 Å². The van der Waals surface area contributed by atoms with Crippen LogP contribution in [0.4, 0.5) is 0 Å². The maximum atomic E-state index is 4.36. The average Bonchev–Trinajstić information content (AvgIpc) is 3.47. The minimum atomic E-state index is 0.0988. The van der Waals surface area contributed by atoms with Gasteiger partial charge < -0.3 is 0 Å². The molecule has 1 N–H and O–H groups in total. The summed E-state index contributed by atoms with van der Waals surface area (Å²) in [5.74, 6) is 0.722. The Morgan fingerprint density at radius 3 is 2.37 bits per heavy atom. The van der Waals surface area contributed by atoms with Crippen LogP contribution in [0.1, 0.15) is 28.2 Å². The molecule has 0 fully saturated rings. The van der Waals surface area contributed by atoms with Crippen molar-refractivity contribution in [2.45, 2.75) is 5.92 Å². The topological polar surface area (TPSA) is 54.5 Å². The van der Waals surface area contributed by atoms with E-state index in [0.29, 0.717) is 5.82 Å². The van der Waals surface area contributed by atoms with E-state index in [1.54, 1.807) is 0 Å². The van der Waals surface area contributed by atoms with Gasteiger partial charge in [-0.2, -0.15) is 5.21 Å². The highest BCUT2D eigenvalue weighted by molar-refractivity contribution is 6.01. The van der Waals surface area contributed by atoms with Crippen LogP contribution in [0.3, 0.4) is 0 Å². The number of rotatable bonds is 3. The van der Waals surface area contributed by atoms with Crippen LogP contribution < -0.4 is 0 Å². The van der Waals surface area contributed by atoms with Crippen molar-refractivity contribution in [2.24, 2.45) is 0 Å². The van der Waals surface area contributed by atoms with Gasteiger partial charge in [-0.05, 0) is 49.9 Å². The van der Waals surface area contributed by atoms with Gasteiger partial charge in [-0.3, -0.25) is 0 Å². The van der Waals surface area contributed by atoms with E-state index in [1.807, 2.05) is 0 Å². The maximum Gasteiger partial charge on any atom is 0.205 e. The lowest BCUT2D eigenvalue weighted by atomic mass is 9.81. The van der Waals surface area contributed by atoms with Crippen molar-refractivity contribution in [3.63, 3.8) is 0 Å². The highest BCUT2D eigenvalue weighted by atomic mass is 15.5. The first-order valence-electron chi connectivity index (χ1n) is 10.0. The van der Waals surface area contributed by atoms with E-state index in [9.17, 15) is 0 Å². The van der Waals surface area contributed by atoms with Crippen molar-refractivity contribution in [1.82, 2.24) is 20.6 Å². The number of benzene rings is 4. The number of hydrogen-bond donors (Lipinski definition) is 1. The van der Waals surface area contributed by atoms with E-state index in [2.05, 4.69) is 118 Å². The third kappa shape index (κ3) is 2.58. The fraction of sp³-hybridized carbons (Fsp3) is 0.0385. The van der Waals surface area contributed by atoms with Crippen LogP contribution in [-0.4, -0.2) is 20.6 Å². The molecule has 5 aromatic rings. The summed E-state index contributed by atoms with van der Waals surface area (Å²) in [7, 11) is 0. The number of aromatic nitrogens is 4. The Kier molecular flexibility index (Phi) is 3.81. The molecule has 0 amide bonds. The van der Waals surface area contributed by atoms with E-state index in [1.165, 1.54) is 27.8 Å². The Balaban J connectivity index is 1.66. The molecular formula is C26H18N4. The summed E-state index contributed by atoms with van der Waals surface area (Å²) in [6.07, 6.45) is 2.31. The molecule has 0 aliphatic heterocycles. The number of allylic oxidation sites excluding steroid dienone is 1. The number of nitrogens with zero attached hydrogens (tertiary/aromatic N) is 3. The molecule has 4 heteroatoms. The van der Waals surface area contributed by atoms with Crippen molar-refractivity contribution < 1.29 is 0 Å². The lowest BCUT2D eigenvalue weighted by Gasteiger charge is -2.21. The molecule has 6 rings (SSSR count). The second kappa shape index (κ2) is 6.78. The third-order valence-electron chi connectivity index (χ3n) is 5.88. The van der Waals surface area contributed by atoms with Gasteiger partial charge >= 0.3 is 0 Å². The van der Waals surface area contributed by atoms with Gasteiger partial charge in [0.1, 0.15) is 0 Å². The molecule has 4 aromatic carbocycles. The normalized spacial score (nSPS) is 15.2. The Morgan fingerprint density at radius 1 is 0.700 bits per heavy atom. The van der Waals surface area contributed by atoms with E-state index < -0.39 is 0 Å². The maximum absolute atomic E-state index is 4.36. The number of H-pyrrole nitrogens is 1. The Morgan fingerprint density at radius 2 is 1.50 bits per heavy atom. The second-order valence-corrected chi connectivity index (χ2v) is 7.51. The van der Waals surface area contributed by atoms with Crippen LogP contribution in [0.5, 0.6) is 0 Å². The van der Waals surface area contributed by atoms with Crippen LogP contribution >= 0.6 is 0 Å². The smallest absolute Gasteiger partial charge is 0.177 e. The van der Waals surface area contributed by atoms with Crippen LogP contribution in [0.25, 0.3) is 33.8 Å². The molecule has 142 valence electrons. The van der Waals surface area contributed by atoms with Gasteiger partial charge in [-0.15, -0.1) is 10.2 Å². The molecule has 1 aliphatic carbocycles. The molecule has 1 unspecified atom stereocenters. The lowest BCUT2D eigenvalue weighted by molar-refractivity contribution is 0.881. The summed E-state index contributed by atoms with van der Waals surface area (Å²) in [6.45, 7) is 0. The van der Waals surface area contributed by atoms with Crippen molar-refractivity contribution in [3.8, 4) is 11.4 Å². The molecule has 30 heavy (non-hydrogen) atoms. The fourth-order valence-electron chi connectivity index (χ4n) is 4.59. The summed E-state index contributed by atoms with van der Waals surface area (Å²) in [4.78, 5) is 0. The Bertz CT molecular complexity index is 1390. The van der Waals surface area contributed by atoms with Gasteiger partial charge in [0.15, 0.2) is 0 Å². The molecule has 0 spiro atoms. The minimum Gasteiger partial charge on any atom is -0.177 e. The van der Waals surface area contributed by atoms with Crippen molar-refractivity contribution in [3.05, 3.63) is 113 Å². The zero-order valence-corrected chi connectivity index (χ0v) is 16.2. The van der Waals surface area contributed by atoms with Gasteiger partial charge in [-0.1, -0.05) is 91.0 Å². The monoisotopic (exact) mass is 386 g/mol. The SMILES string of the molecule is C1=C(c2ccccc2)C(c2ccc3ccccc3c2-c2nn[nH]n2)c2ccccc21. The number of fused-ring (bicyclic) bond motifs is 2.